The van der Waals surface area contributed by atoms with Crippen molar-refractivity contribution in [1.82, 2.24) is 0 Å². The Kier molecular flexibility index (Phi) is 4.46. The van der Waals surface area contributed by atoms with Gasteiger partial charge in [0.05, 0.1) is 6.10 Å². The smallest absolute Gasteiger partial charge is 0.213 e. The molecule has 5 nitrogen and oxygen atoms in total. The first-order valence-electron chi connectivity index (χ1n) is 5.31. The summed E-state index contributed by atoms with van der Waals surface area (Å²) in [6, 6.07) is 0. The summed E-state index contributed by atoms with van der Waals surface area (Å²) in [6.07, 6.45) is 4.27. The van der Waals surface area contributed by atoms with Crippen LogP contribution in [-0.4, -0.2) is 51.2 Å². The molecule has 0 saturated heterocycles. The summed E-state index contributed by atoms with van der Waals surface area (Å²) in [4.78, 5) is 0. The van der Waals surface area contributed by atoms with Crippen molar-refractivity contribution in [3.63, 3.8) is 0 Å². The van der Waals surface area contributed by atoms with Crippen LogP contribution in [-0.2, 0) is 18.9 Å². The van der Waals surface area contributed by atoms with Gasteiger partial charge in [-0.25, -0.2) is 0 Å². The summed E-state index contributed by atoms with van der Waals surface area (Å²) in [5.41, 5.74) is 0.536. The van der Waals surface area contributed by atoms with Crippen LogP contribution >= 0.6 is 0 Å². The molecular weight excluding hydrogens is 224 g/mol. The standard InChI is InChI=1S/C12H20O5/c1-9(13)10-8-11(14-2,15-3)6-7-12(10,16-4)17-5/h6-9,13H,1-5H3. The van der Waals surface area contributed by atoms with E-state index in [1.54, 1.807) is 25.2 Å². The lowest BCUT2D eigenvalue weighted by molar-refractivity contribution is -0.172. The number of ether oxygens (including phenoxy) is 4. The van der Waals surface area contributed by atoms with E-state index in [1.807, 2.05) is 0 Å². The first-order valence-corrected chi connectivity index (χ1v) is 5.31. The summed E-state index contributed by atoms with van der Waals surface area (Å²) in [6.45, 7) is 1.63. The van der Waals surface area contributed by atoms with E-state index in [-0.39, 0.29) is 0 Å². The third kappa shape index (κ3) is 2.43. The molecule has 0 spiro atoms. The van der Waals surface area contributed by atoms with Gasteiger partial charge >= 0.3 is 0 Å². The van der Waals surface area contributed by atoms with E-state index < -0.39 is 17.7 Å². The molecule has 98 valence electrons. The molecule has 1 atom stereocenters. The zero-order valence-electron chi connectivity index (χ0n) is 10.9. The van der Waals surface area contributed by atoms with Crippen LogP contribution in [0.25, 0.3) is 0 Å². The van der Waals surface area contributed by atoms with Gasteiger partial charge in [-0.05, 0) is 25.2 Å². The minimum Gasteiger partial charge on any atom is -0.389 e. The molecule has 1 N–H and O–H groups in total. The topological polar surface area (TPSA) is 57.2 Å². The molecule has 17 heavy (non-hydrogen) atoms. The van der Waals surface area contributed by atoms with E-state index >= 15 is 0 Å². The fourth-order valence-electron chi connectivity index (χ4n) is 1.89. The van der Waals surface area contributed by atoms with Gasteiger partial charge < -0.3 is 24.1 Å². The predicted molar refractivity (Wildman–Crippen MR) is 62.4 cm³/mol. The molecule has 0 saturated carbocycles. The van der Waals surface area contributed by atoms with E-state index in [0.29, 0.717) is 5.57 Å². The first-order chi connectivity index (χ1) is 7.99. The second-order valence-electron chi connectivity index (χ2n) is 3.81. The molecule has 0 fully saturated rings. The van der Waals surface area contributed by atoms with Crippen molar-refractivity contribution < 1.29 is 24.1 Å². The number of aliphatic hydroxyl groups excluding tert-OH is 1. The van der Waals surface area contributed by atoms with Gasteiger partial charge in [-0.1, -0.05) is 0 Å². The maximum absolute atomic E-state index is 9.82. The Morgan fingerprint density at radius 3 is 1.88 bits per heavy atom. The van der Waals surface area contributed by atoms with Crippen LogP contribution in [0.3, 0.4) is 0 Å². The zero-order chi connectivity index (χ0) is 13.1. The fraction of sp³-hybridized carbons (Fsp3) is 0.667. The predicted octanol–water partition coefficient (Wildman–Crippen LogP) is 0.842. The third-order valence-corrected chi connectivity index (χ3v) is 2.99. The molecule has 1 unspecified atom stereocenters. The van der Waals surface area contributed by atoms with Crippen LogP contribution in [0.4, 0.5) is 0 Å². The van der Waals surface area contributed by atoms with E-state index in [2.05, 4.69) is 0 Å². The first kappa shape index (κ1) is 14.3. The molecular formula is C12H20O5. The summed E-state index contributed by atoms with van der Waals surface area (Å²) in [5.74, 6) is -2.07. The summed E-state index contributed by atoms with van der Waals surface area (Å²) < 4.78 is 21.2. The van der Waals surface area contributed by atoms with E-state index in [0.717, 1.165) is 0 Å². The van der Waals surface area contributed by atoms with Crippen LogP contribution in [0.5, 0.6) is 0 Å². The van der Waals surface area contributed by atoms with Crippen molar-refractivity contribution >= 4 is 0 Å². The lowest BCUT2D eigenvalue weighted by Gasteiger charge is -2.38. The molecule has 1 rings (SSSR count). The Morgan fingerprint density at radius 1 is 1.00 bits per heavy atom. The van der Waals surface area contributed by atoms with Crippen molar-refractivity contribution in [1.29, 1.82) is 0 Å². The van der Waals surface area contributed by atoms with Gasteiger partial charge in [0.15, 0.2) is 0 Å². The maximum Gasteiger partial charge on any atom is 0.213 e. The van der Waals surface area contributed by atoms with Crippen molar-refractivity contribution in [2.75, 3.05) is 28.4 Å². The molecule has 0 aliphatic heterocycles. The molecule has 0 aromatic rings. The highest BCUT2D eigenvalue weighted by Crippen LogP contribution is 2.35. The van der Waals surface area contributed by atoms with E-state index in [9.17, 15) is 5.11 Å². The fourth-order valence-corrected chi connectivity index (χ4v) is 1.89. The van der Waals surface area contributed by atoms with Crippen LogP contribution in [0.2, 0.25) is 0 Å². The SMILES string of the molecule is COC1(OC)C=CC(OC)(OC)C(C(C)O)=C1. The quantitative estimate of drug-likeness (QED) is 0.573. The van der Waals surface area contributed by atoms with E-state index in [4.69, 9.17) is 18.9 Å². The minimum atomic E-state index is -1.07. The van der Waals surface area contributed by atoms with Gasteiger partial charge in [0.25, 0.3) is 0 Å². The number of methoxy groups -OCH3 is 4. The van der Waals surface area contributed by atoms with Gasteiger partial charge in [-0.15, -0.1) is 0 Å². The molecule has 0 heterocycles. The summed E-state index contributed by atoms with van der Waals surface area (Å²) >= 11 is 0. The van der Waals surface area contributed by atoms with Gasteiger partial charge in [0.1, 0.15) is 0 Å². The molecule has 0 radical (unpaired) electrons. The minimum absolute atomic E-state index is 0.536. The van der Waals surface area contributed by atoms with Crippen LogP contribution < -0.4 is 0 Å². The number of hydrogen-bond donors (Lipinski definition) is 1. The summed E-state index contributed by atoms with van der Waals surface area (Å²) in [5, 5.41) is 9.82. The van der Waals surface area contributed by atoms with Crippen molar-refractivity contribution in [2.24, 2.45) is 0 Å². The molecule has 0 amide bonds. The van der Waals surface area contributed by atoms with Gasteiger partial charge in [0, 0.05) is 34.0 Å². The largest absolute Gasteiger partial charge is 0.389 e. The number of hydrogen-bond acceptors (Lipinski definition) is 5. The average molecular weight is 244 g/mol. The molecule has 5 heteroatoms. The van der Waals surface area contributed by atoms with Gasteiger partial charge in [-0.3, -0.25) is 0 Å². The van der Waals surface area contributed by atoms with Crippen LogP contribution in [0, 0.1) is 0 Å². The van der Waals surface area contributed by atoms with Crippen molar-refractivity contribution in [2.45, 2.75) is 24.6 Å². The second-order valence-corrected chi connectivity index (χ2v) is 3.81. The normalized spacial score (nSPS) is 23.3. The Bertz CT molecular complexity index is 311. The van der Waals surface area contributed by atoms with Crippen LogP contribution in [0.15, 0.2) is 23.8 Å². The Hall–Kier alpha value is -0.720. The van der Waals surface area contributed by atoms with Gasteiger partial charge in [-0.2, -0.15) is 0 Å². The molecule has 0 aromatic heterocycles. The van der Waals surface area contributed by atoms with Crippen molar-refractivity contribution in [3.05, 3.63) is 23.8 Å². The van der Waals surface area contributed by atoms with Crippen LogP contribution in [0.1, 0.15) is 6.92 Å². The Balaban J connectivity index is 3.23. The Labute approximate surface area is 102 Å². The maximum atomic E-state index is 9.82. The third-order valence-electron chi connectivity index (χ3n) is 2.99. The molecule has 0 aromatic carbocycles. The van der Waals surface area contributed by atoms with Gasteiger partial charge in [0.2, 0.25) is 11.6 Å². The number of aliphatic hydroxyl groups is 1. The molecule has 1 aliphatic rings. The zero-order valence-corrected chi connectivity index (χ0v) is 10.9. The lowest BCUT2D eigenvalue weighted by Crippen LogP contribution is -2.45. The summed E-state index contributed by atoms with van der Waals surface area (Å²) in [7, 11) is 6.07. The highest BCUT2D eigenvalue weighted by molar-refractivity contribution is 5.35. The Morgan fingerprint density at radius 2 is 1.53 bits per heavy atom. The van der Waals surface area contributed by atoms with E-state index in [1.165, 1.54) is 28.4 Å². The molecule has 0 bridgehead atoms. The highest BCUT2D eigenvalue weighted by atomic mass is 16.7. The highest BCUT2D eigenvalue weighted by Gasteiger charge is 2.42. The lowest BCUT2D eigenvalue weighted by atomic mass is 9.92. The second kappa shape index (κ2) is 5.29. The van der Waals surface area contributed by atoms with Crippen molar-refractivity contribution in [3.8, 4) is 0 Å². The molecule has 1 aliphatic carbocycles. The number of rotatable bonds is 5. The average Bonchev–Trinajstić information content (AvgIpc) is 2.38. The monoisotopic (exact) mass is 244 g/mol.